The van der Waals surface area contributed by atoms with E-state index in [0.717, 1.165) is 44.3 Å². The van der Waals surface area contributed by atoms with Gasteiger partial charge < -0.3 is 4.90 Å². The smallest absolute Gasteiger partial charge is 0.245 e. The van der Waals surface area contributed by atoms with Crippen LogP contribution in [0.5, 0.6) is 0 Å². The van der Waals surface area contributed by atoms with Gasteiger partial charge in [-0.25, -0.2) is 0 Å². The summed E-state index contributed by atoms with van der Waals surface area (Å²) in [6.07, 6.45) is 7.92. The average molecular weight is 369 g/mol. The molecule has 2 rings (SSSR count). The Hall–Kier alpha value is -1.04. The Morgan fingerprint density at radius 1 is 1.12 bits per heavy atom. The van der Waals surface area contributed by atoms with Crippen LogP contribution in [-0.4, -0.2) is 58.7 Å². The first-order valence-electron chi connectivity index (χ1n) is 9.71. The molecule has 0 aromatic carbocycles. The minimum Gasteiger partial charge on any atom is -0.341 e. The third-order valence-electron chi connectivity index (χ3n) is 5.37. The van der Waals surface area contributed by atoms with Crippen molar-refractivity contribution in [2.24, 2.45) is 11.8 Å². The number of fused-ring (bicyclic) bond motifs is 1. The number of thioether (sulfide) groups is 1. The van der Waals surface area contributed by atoms with Gasteiger partial charge >= 0.3 is 0 Å². The van der Waals surface area contributed by atoms with E-state index in [-0.39, 0.29) is 29.6 Å². The van der Waals surface area contributed by atoms with Crippen LogP contribution in [0.4, 0.5) is 0 Å². The van der Waals surface area contributed by atoms with Gasteiger partial charge in [-0.3, -0.25) is 19.3 Å². The van der Waals surface area contributed by atoms with E-state index in [1.165, 1.54) is 4.90 Å². The molecule has 1 saturated heterocycles. The van der Waals surface area contributed by atoms with Gasteiger partial charge in [0.2, 0.25) is 17.7 Å². The molecular formula is C19H32N2O3S. The summed E-state index contributed by atoms with van der Waals surface area (Å²) in [6.45, 7) is 5.47. The molecule has 2 aliphatic rings. The van der Waals surface area contributed by atoms with E-state index in [2.05, 4.69) is 0 Å². The van der Waals surface area contributed by atoms with Gasteiger partial charge in [0.1, 0.15) is 6.04 Å². The van der Waals surface area contributed by atoms with Crippen molar-refractivity contribution in [3.05, 3.63) is 0 Å². The average Bonchev–Trinajstić information content (AvgIpc) is 2.87. The standard InChI is InChI=1S/C19H32N2O3S/c1-4-11-20(12-5-2)19(24)16(10-13-25-3)21-17(22)14-8-6-7-9-15(14)18(21)23/h14-16H,4-13H2,1-3H3. The van der Waals surface area contributed by atoms with E-state index in [1.54, 1.807) is 11.8 Å². The number of carbonyl (C=O) groups is 3. The number of carbonyl (C=O) groups excluding carboxylic acids is 3. The van der Waals surface area contributed by atoms with Gasteiger partial charge in [-0.05, 0) is 44.1 Å². The van der Waals surface area contributed by atoms with Crippen molar-refractivity contribution in [1.29, 1.82) is 0 Å². The first-order valence-corrected chi connectivity index (χ1v) is 11.1. The molecule has 1 aliphatic heterocycles. The highest BCUT2D eigenvalue weighted by Crippen LogP contribution is 2.39. The van der Waals surface area contributed by atoms with Gasteiger partial charge in [0.25, 0.3) is 0 Å². The molecule has 25 heavy (non-hydrogen) atoms. The predicted octanol–water partition coefficient (Wildman–Crippen LogP) is 2.93. The maximum Gasteiger partial charge on any atom is 0.245 e. The Labute approximate surface area is 155 Å². The van der Waals surface area contributed by atoms with Gasteiger partial charge in [-0.1, -0.05) is 26.7 Å². The van der Waals surface area contributed by atoms with E-state index in [0.29, 0.717) is 19.5 Å². The normalized spacial score (nSPS) is 24.4. The zero-order chi connectivity index (χ0) is 18.4. The number of rotatable bonds is 9. The summed E-state index contributed by atoms with van der Waals surface area (Å²) in [5, 5.41) is 0. The van der Waals surface area contributed by atoms with E-state index >= 15 is 0 Å². The highest BCUT2D eigenvalue weighted by atomic mass is 32.2. The molecule has 3 amide bonds. The number of imide groups is 1. The number of likely N-dealkylation sites (tertiary alicyclic amines) is 1. The van der Waals surface area contributed by atoms with E-state index in [9.17, 15) is 14.4 Å². The van der Waals surface area contributed by atoms with E-state index in [4.69, 9.17) is 0 Å². The topological polar surface area (TPSA) is 57.7 Å². The van der Waals surface area contributed by atoms with Gasteiger partial charge in [0.15, 0.2) is 0 Å². The lowest BCUT2D eigenvalue weighted by molar-refractivity contribution is -0.151. The number of nitrogens with zero attached hydrogens (tertiary/aromatic N) is 2. The van der Waals surface area contributed by atoms with Crippen molar-refractivity contribution in [2.75, 3.05) is 25.1 Å². The van der Waals surface area contributed by atoms with Crippen molar-refractivity contribution < 1.29 is 14.4 Å². The Morgan fingerprint density at radius 3 is 2.08 bits per heavy atom. The maximum absolute atomic E-state index is 13.2. The summed E-state index contributed by atoms with van der Waals surface area (Å²) in [5.41, 5.74) is 0. The lowest BCUT2D eigenvalue weighted by atomic mass is 9.81. The minimum atomic E-state index is -0.615. The quantitative estimate of drug-likeness (QED) is 0.587. The molecule has 0 aromatic heterocycles. The van der Waals surface area contributed by atoms with Gasteiger partial charge in [0, 0.05) is 13.1 Å². The van der Waals surface area contributed by atoms with E-state index < -0.39 is 6.04 Å². The van der Waals surface area contributed by atoms with Crippen LogP contribution in [0.1, 0.15) is 58.8 Å². The van der Waals surface area contributed by atoms with Gasteiger partial charge in [0.05, 0.1) is 11.8 Å². The van der Waals surface area contributed by atoms with Crippen LogP contribution in [0, 0.1) is 11.8 Å². The Morgan fingerprint density at radius 2 is 1.64 bits per heavy atom. The monoisotopic (exact) mass is 368 g/mol. The molecule has 3 unspecified atom stereocenters. The SMILES string of the molecule is CCCN(CCC)C(=O)C(CCSC)N1C(=O)C2CCCCC2C1=O. The molecule has 0 aromatic rings. The van der Waals surface area contributed by atoms with Crippen LogP contribution in [-0.2, 0) is 14.4 Å². The lowest BCUT2D eigenvalue weighted by Gasteiger charge is -2.31. The lowest BCUT2D eigenvalue weighted by Crippen LogP contribution is -2.52. The Bertz CT molecular complexity index is 467. The second-order valence-corrected chi connectivity index (χ2v) is 8.15. The molecular weight excluding hydrogens is 336 g/mol. The fraction of sp³-hybridized carbons (Fsp3) is 0.842. The van der Waals surface area contributed by atoms with Crippen LogP contribution >= 0.6 is 11.8 Å². The number of hydrogen-bond acceptors (Lipinski definition) is 4. The van der Waals surface area contributed by atoms with E-state index in [1.807, 2.05) is 25.0 Å². The van der Waals surface area contributed by atoms with Crippen LogP contribution < -0.4 is 0 Å². The summed E-state index contributed by atoms with van der Waals surface area (Å²) in [6, 6.07) is -0.615. The van der Waals surface area contributed by atoms with Crippen molar-refractivity contribution >= 4 is 29.5 Å². The molecule has 6 heteroatoms. The fourth-order valence-corrected chi connectivity index (χ4v) is 4.63. The third kappa shape index (κ3) is 4.39. The van der Waals surface area contributed by atoms with Crippen LogP contribution in [0.15, 0.2) is 0 Å². The summed E-state index contributed by atoms with van der Waals surface area (Å²) >= 11 is 1.65. The molecule has 3 atom stereocenters. The van der Waals surface area contributed by atoms with Crippen molar-refractivity contribution in [2.45, 2.75) is 64.8 Å². The second kappa shape index (κ2) is 9.60. The molecule has 0 spiro atoms. The fourth-order valence-electron chi connectivity index (χ4n) is 4.17. The molecule has 2 fully saturated rings. The predicted molar refractivity (Wildman–Crippen MR) is 101 cm³/mol. The highest BCUT2D eigenvalue weighted by molar-refractivity contribution is 7.98. The first kappa shape index (κ1) is 20.3. The largest absolute Gasteiger partial charge is 0.341 e. The molecule has 1 aliphatic carbocycles. The van der Waals surface area contributed by atoms with Crippen LogP contribution in [0.3, 0.4) is 0 Å². The third-order valence-corrected chi connectivity index (χ3v) is 6.01. The zero-order valence-electron chi connectivity index (χ0n) is 15.8. The van der Waals surface area contributed by atoms with Gasteiger partial charge in [-0.2, -0.15) is 11.8 Å². The van der Waals surface area contributed by atoms with Gasteiger partial charge in [-0.15, -0.1) is 0 Å². The molecule has 1 saturated carbocycles. The summed E-state index contributed by atoms with van der Waals surface area (Å²) < 4.78 is 0. The summed E-state index contributed by atoms with van der Waals surface area (Å²) in [4.78, 5) is 42.2. The molecule has 142 valence electrons. The maximum atomic E-state index is 13.2. The van der Waals surface area contributed by atoms with Crippen molar-refractivity contribution in [3.63, 3.8) is 0 Å². The molecule has 5 nitrogen and oxygen atoms in total. The van der Waals surface area contributed by atoms with Crippen molar-refractivity contribution in [3.8, 4) is 0 Å². The number of amides is 3. The highest BCUT2D eigenvalue weighted by Gasteiger charge is 2.52. The summed E-state index contributed by atoms with van der Waals surface area (Å²) in [5.74, 6) is 0.171. The Kier molecular flexibility index (Phi) is 7.79. The first-order chi connectivity index (χ1) is 12.1. The molecule has 0 bridgehead atoms. The minimum absolute atomic E-state index is 0.0434. The van der Waals surface area contributed by atoms with Crippen LogP contribution in [0.25, 0.3) is 0 Å². The molecule has 0 radical (unpaired) electrons. The molecule has 1 heterocycles. The molecule has 0 N–H and O–H groups in total. The van der Waals surface area contributed by atoms with Crippen LogP contribution in [0.2, 0.25) is 0 Å². The Balaban J connectivity index is 2.24. The van der Waals surface area contributed by atoms with Crippen molar-refractivity contribution in [1.82, 2.24) is 9.80 Å². The number of hydrogen-bond donors (Lipinski definition) is 0. The summed E-state index contributed by atoms with van der Waals surface area (Å²) in [7, 11) is 0. The zero-order valence-corrected chi connectivity index (χ0v) is 16.6. The second-order valence-electron chi connectivity index (χ2n) is 7.17.